The van der Waals surface area contributed by atoms with E-state index in [0.717, 1.165) is 16.7 Å². The summed E-state index contributed by atoms with van der Waals surface area (Å²) in [5.74, 6) is 0.148. The lowest BCUT2D eigenvalue weighted by atomic mass is 9.97. The second-order valence-electron chi connectivity index (χ2n) is 4.68. The molecule has 1 aliphatic rings. The average Bonchev–Trinajstić information content (AvgIpc) is 2.64. The van der Waals surface area contributed by atoms with Crippen LogP contribution in [0, 0.1) is 0 Å². The van der Waals surface area contributed by atoms with Gasteiger partial charge >= 0.3 is 0 Å². The van der Waals surface area contributed by atoms with Gasteiger partial charge in [-0.25, -0.2) is 0 Å². The normalized spacial score (nSPS) is 19.1. The van der Waals surface area contributed by atoms with Gasteiger partial charge in [-0.15, -0.1) is 0 Å². The Bertz CT molecular complexity index is 509. The van der Waals surface area contributed by atoms with Crippen molar-refractivity contribution in [3.8, 4) is 0 Å². The number of methoxy groups -OCH3 is 1. The van der Waals surface area contributed by atoms with Crippen LogP contribution in [-0.2, 0) is 4.74 Å². The second kappa shape index (κ2) is 5.32. The molecule has 2 heteroatoms. The molecule has 0 spiro atoms. The molecule has 0 N–H and O–H groups in total. The summed E-state index contributed by atoms with van der Waals surface area (Å²) in [5, 5.41) is 0. The van der Waals surface area contributed by atoms with Crippen LogP contribution < -0.4 is 0 Å². The molecular formula is C16H18O2. The molecule has 1 aromatic rings. The van der Waals surface area contributed by atoms with Crippen LogP contribution >= 0.6 is 0 Å². The summed E-state index contributed by atoms with van der Waals surface area (Å²) in [6.07, 6.45) is 2.50. The number of ketones is 1. The maximum Gasteiger partial charge on any atom is 0.167 e. The van der Waals surface area contributed by atoms with Gasteiger partial charge in [0.05, 0.1) is 0 Å². The molecular weight excluding hydrogens is 224 g/mol. The number of hydrogen-bond donors (Lipinski definition) is 0. The van der Waals surface area contributed by atoms with Crippen molar-refractivity contribution in [1.82, 2.24) is 0 Å². The van der Waals surface area contributed by atoms with Gasteiger partial charge in [0, 0.05) is 19.1 Å². The first-order valence-corrected chi connectivity index (χ1v) is 6.12. The summed E-state index contributed by atoms with van der Waals surface area (Å²) >= 11 is 0. The number of hydrogen-bond acceptors (Lipinski definition) is 2. The van der Waals surface area contributed by atoms with Crippen LogP contribution in [0.15, 0.2) is 53.1 Å². The first-order valence-electron chi connectivity index (χ1n) is 6.12. The van der Waals surface area contributed by atoms with Crippen molar-refractivity contribution < 1.29 is 9.53 Å². The largest absolute Gasteiger partial charge is 0.373 e. The Morgan fingerprint density at radius 3 is 2.50 bits per heavy atom. The summed E-state index contributed by atoms with van der Waals surface area (Å²) in [5.41, 5.74) is 4.18. The highest BCUT2D eigenvalue weighted by molar-refractivity contribution is 5.97. The SMILES string of the molecule is COC1C(C)=CC(C)=C1CC(=O)c1ccccc1. The third-order valence-electron chi connectivity index (χ3n) is 3.36. The monoisotopic (exact) mass is 242 g/mol. The molecule has 0 heterocycles. The summed E-state index contributed by atoms with van der Waals surface area (Å²) < 4.78 is 5.46. The van der Waals surface area contributed by atoms with Crippen LogP contribution in [0.25, 0.3) is 0 Å². The number of Topliss-reactive ketones (excluding diaryl/α,β-unsaturated/α-hetero) is 1. The molecule has 94 valence electrons. The lowest BCUT2D eigenvalue weighted by molar-refractivity contribution is 0.0975. The number of allylic oxidation sites excluding steroid dienone is 2. The lowest BCUT2D eigenvalue weighted by Crippen LogP contribution is -2.15. The van der Waals surface area contributed by atoms with E-state index in [0.29, 0.717) is 6.42 Å². The van der Waals surface area contributed by atoms with E-state index in [9.17, 15) is 4.79 Å². The fourth-order valence-corrected chi connectivity index (χ4v) is 2.45. The van der Waals surface area contributed by atoms with Gasteiger partial charge in [0.25, 0.3) is 0 Å². The predicted molar refractivity (Wildman–Crippen MR) is 72.6 cm³/mol. The Kier molecular flexibility index (Phi) is 3.78. The molecule has 1 aromatic carbocycles. The van der Waals surface area contributed by atoms with Crippen molar-refractivity contribution >= 4 is 5.78 Å². The molecule has 18 heavy (non-hydrogen) atoms. The predicted octanol–water partition coefficient (Wildman–Crippen LogP) is 3.55. The molecule has 0 aromatic heterocycles. The summed E-state index contributed by atoms with van der Waals surface area (Å²) in [7, 11) is 1.69. The van der Waals surface area contributed by atoms with E-state index in [1.54, 1.807) is 7.11 Å². The van der Waals surface area contributed by atoms with Crippen molar-refractivity contribution in [3.05, 3.63) is 58.7 Å². The van der Waals surface area contributed by atoms with E-state index in [2.05, 4.69) is 6.08 Å². The molecule has 2 rings (SSSR count). The maximum absolute atomic E-state index is 12.2. The first kappa shape index (κ1) is 12.8. The summed E-state index contributed by atoms with van der Waals surface area (Å²) in [4.78, 5) is 12.2. The van der Waals surface area contributed by atoms with Gasteiger partial charge in [0.1, 0.15) is 6.10 Å². The molecule has 0 saturated carbocycles. The summed E-state index contributed by atoms with van der Waals surface area (Å²) in [6, 6.07) is 9.41. The van der Waals surface area contributed by atoms with Crippen LogP contribution in [0.4, 0.5) is 0 Å². The van der Waals surface area contributed by atoms with E-state index >= 15 is 0 Å². The minimum Gasteiger partial charge on any atom is -0.373 e. The Morgan fingerprint density at radius 2 is 1.89 bits per heavy atom. The molecule has 0 fully saturated rings. The fourth-order valence-electron chi connectivity index (χ4n) is 2.45. The minimum absolute atomic E-state index is 0.0299. The Hall–Kier alpha value is -1.67. The van der Waals surface area contributed by atoms with Gasteiger partial charge < -0.3 is 4.74 Å². The quantitative estimate of drug-likeness (QED) is 0.755. The zero-order valence-electron chi connectivity index (χ0n) is 11.1. The van der Waals surface area contributed by atoms with Gasteiger partial charge in [0.2, 0.25) is 0 Å². The van der Waals surface area contributed by atoms with Crippen LogP contribution in [0.1, 0.15) is 30.6 Å². The number of ether oxygens (including phenoxy) is 1. The highest BCUT2D eigenvalue weighted by Crippen LogP contribution is 2.30. The molecule has 0 aliphatic heterocycles. The van der Waals surface area contributed by atoms with Crippen molar-refractivity contribution in [2.75, 3.05) is 7.11 Å². The van der Waals surface area contributed by atoms with Gasteiger partial charge in [-0.05, 0) is 30.6 Å². The highest BCUT2D eigenvalue weighted by Gasteiger charge is 2.25. The molecule has 0 saturated heterocycles. The van der Waals surface area contributed by atoms with E-state index in [1.165, 1.54) is 5.57 Å². The zero-order valence-corrected chi connectivity index (χ0v) is 11.1. The first-order chi connectivity index (χ1) is 8.63. The van der Waals surface area contributed by atoms with Gasteiger partial charge in [-0.1, -0.05) is 36.4 Å². The maximum atomic E-state index is 12.2. The molecule has 0 radical (unpaired) electrons. The third-order valence-corrected chi connectivity index (χ3v) is 3.36. The molecule has 1 atom stereocenters. The summed E-state index contributed by atoms with van der Waals surface area (Å²) in [6.45, 7) is 4.08. The van der Waals surface area contributed by atoms with Gasteiger partial charge in [-0.2, -0.15) is 0 Å². The Balaban J connectivity index is 2.16. The van der Waals surface area contributed by atoms with E-state index < -0.39 is 0 Å². The van der Waals surface area contributed by atoms with E-state index in [1.807, 2.05) is 44.2 Å². The zero-order chi connectivity index (χ0) is 13.1. The minimum atomic E-state index is -0.0299. The topological polar surface area (TPSA) is 26.3 Å². The molecule has 0 bridgehead atoms. The standard InChI is InChI=1S/C16H18O2/c1-11-9-12(2)16(18-3)14(11)10-15(17)13-7-5-4-6-8-13/h4-9,16H,10H2,1-3H3. The average molecular weight is 242 g/mol. The highest BCUT2D eigenvalue weighted by atomic mass is 16.5. The number of carbonyl (C=O) groups is 1. The molecule has 0 amide bonds. The van der Waals surface area contributed by atoms with Gasteiger partial charge in [0.15, 0.2) is 5.78 Å². The van der Waals surface area contributed by atoms with Crippen molar-refractivity contribution in [1.29, 1.82) is 0 Å². The number of carbonyl (C=O) groups excluding carboxylic acids is 1. The molecule has 1 unspecified atom stereocenters. The fraction of sp³-hybridized carbons (Fsp3) is 0.312. The number of benzene rings is 1. The van der Waals surface area contributed by atoms with E-state index in [4.69, 9.17) is 4.74 Å². The van der Waals surface area contributed by atoms with Crippen LogP contribution in [0.2, 0.25) is 0 Å². The van der Waals surface area contributed by atoms with Crippen molar-refractivity contribution in [3.63, 3.8) is 0 Å². The van der Waals surface area contributed by atoms with E-state index in [-0.39, 0.29) is 11.9 Å². The Labute approximate surface area is 108 Å². The van der Waals surface area contributed by atoms with Crippen molar-refractivity contribution in [2.24, 2.45) is 0 Å². The lowest BCUT2D eigenvalue weighted by Gasteiger charge is -2.15. The Morgan fingerprint density at radius 1 is 1.22 bits per heavy atom. The molecule has 1 aliphatic carbocycles. The second-order valence-corrected chi connectivity index (χ2v) is 4.68. The van der Waals surface area contributed by atoms with Crippen LogP contribution in [-0.4, -0.2) is 19.0 Å². The van der Waals surface area contributed by atoms with Crippen molar-refractivity contribution in [2.45, 2.75) is 26.4 Å². The third kappa shape index (κ3) is 2.44. The number of rotatable bonds is 4. The van der Waals surface area contributed by atoms with Crippen LogP contribution in [0.3, 0.4) is 0 Å². The molecule has 2 nitrogen and oxygen atoms in total. The van der Waals surface area contributed by atoms with Gasteiger partial charge in [-0.3, -0.25) is 4.79 Å². The smallest absolute Gasteiger partial charge is 0.167 e. The van der Waals surface area contributed by atoms with Crippen LogP contribution in [0.5, 0.6) is 0 Å².